The van der Waals surface area contributed by atoms with Crippen molar-refractivity contribution >= 4 is 16.7 Å². The molecule has 0 aliphatic carbocycles. The van der Waals surface area contributed by atoms with Crippen LogP contribution in [0.3, 0.4) is 0 Å². The van der Waals surface area contributed by atoms with Crippen molar-refractivity contribution in [2.75, 3.05) is 24.7 Å². The van der Waals surface area contributed by atoms with Crippen molar-refractivity contribution in [2.24, 2.45) is 5.92 Å². The van der Waals surface area contributed by atoms with Crippen LogP contribution in [0.15, 0.2) is 43.2 Å². The average Bonchev–Trinajstić information content (AvgIpc) is 3.55. The number of hydrogen-bond acceptors (Lipinski definition) is 7. The molecular weight excluding hydrogens is 385 g/mol. The molecule has 1 aliphatic heterocycles. The fourth-order valence-corrected chi connectivity index (χ4v) is 4.14. The predicted octanol–water partition coefficient (Wildman–Crippen LogP) is 2.52. The summed E-state index contributed by atoms with van der Waals surface area (Å²) in [5.74, 6) is 0.0557. The van der Waals surface area contributed by atoms with Crippen molar-refractivity contribution in [3.8, 4) is 17.3 Å². The molecule has 0 spiro atoms. The van der Waals surface area contributed by atoms with Crippen LogP contribution in [-0.4, -0.2) is 54.7 Å². The van der Waals surface area contributed by atoms with Gasteiger partial charge in [-0.2, -0.15) is 15.5 Å². The van der Waals surface area contributed by atoms with Crippen LogP contribution >= 0.6 is 0 Å². The van der Waals surface area contributed by atoms with E-state index in [0.29, 0.717) is 6.54 Å². The van der Waals surface area contributed by atoms with Gasteiger partial charge in [-0.1, -0.05) is 0 Å². The molecule has 0 radical (unpaired) electrons. The van der Waals surface area contributed by atoms with Gasteiger partial charge in [-0.15, -0.1) is 5.10 Å². The van der Waals surface area contributed by atoms with E-state index in [-0.39, 0.29) is 11.6 Å². The van der Waals surface area contributed by atoms with E-state index in [1.54, 1.807) is 23.1 Å². The van der Waals surface area contributed by atoms with Crippen LogP contribution in [0.4, 0.5) is 10.1 Å². The topological polar surface area (TPSA) is 112 Å². The molecule has 1 saturated heterocycles. The number of nitriles is 1. The maximum absolute atomic E-state index is 14.1. The van der Waals surface area contributed by atoms with Gasteiger partial charge in [0.25, 0.3) is 0 Å². The van der Waals surface area contributed by atoms with Gasteiger partial charge >= 0.3 is 0 Å². The Balaban J connectivity index is 1.39. The van der Waals surface area contributed by atoms with Crippen LogP contribution in [0.2, 0.25) is 0 Å². The zero-order valence-corrected chi connectivity index (χ0v) is 16.0. The first-order valence-electron chi connectivity index (χ1n) is 9.64. The standard InChI is InChI=1S/C20H18FN9/c21-7-18(13-3-6-29(10-13)17-2-5-26-28-16(17)8-22)30-11-14(9-27-30)19-15-1-4-23-20(15)25-12-24-19/h1-2,4-5,9,11-13,18H,3,6-7,10H2,(H,23,24,25)/t13-,18?/m0/s1. The van der Waals surface area contributed by atoms with Crippen LogP contribution in [-0.2, 0) is 0 Å². The van der Waals surface area contributed by atoms with Gasteiger partial charge in [-0.3, -0.25) is 4.68 Å². The van der Waals surface area contributed by atoms with Crippen LogP contribution in [0.1, 0.15) is 18.2 Å². The van der Waals surface area contributed by atoms with E-state index in [1.807, 2.05) is 18.5 Å². The quantitative estimate of drug-likeness (QED) is 0.545. The molecule has 5 rings (SSSR count). The van der Waals surface area contributed by atoms with Crippen LogP contribution in [0.5, 0.6) is 0 Å². The minimum atomic E-state index is -0.525. The van der Waals surface area contributed by atoms with Gasteiger partial charge in [0.15, 0.2) is 5.69 Å². The molecular formula is C20H18FN9. The summed E-state index contributed by atoms with van der Waals surface area (Å²) in [6, 6.07) is 5.37. The smallest absolute Gasteiger partial charge is 0.186 e. The third-order valence-electron chi connectivity index (χ3n) is 5.64. The summed E-state index contributed by atoms with van der Waals surface area (Å²) in [6.45, 7) is 0.827. The third-order valence-corrected chi connectivity index (χ3v) is 5.64. The van der Waals surface area contributed by atoms with Crippen molar-refractivity contribution in [2.45, 2.75) is 12.5 Å². The summed E-state index contributed by atoms with van der Waals surface area (Å²) in [7, 11) is 0. The molecule has 1 fully saturated rings. The second-order valence-corrected chi connectivity index (χ2v) is 7.26. The summed E-state index contributed by atoms with van der Waals surface area (Å²) < 4.78 is 15.8. The third kappa shape index (κ3) is 3.04. The van der Waals surface area contributed by atoms with Gasteiger partial charge in [0, 0.05) is 42.4 Å². The highest BCUT2D eigenvalue weighted by molar-refractivity contribution is 5.89. The van der Waals surface area contributed by atoms with Crippen molar-refractivity contribution in [3.05, 3.63) is 48.9 Å². The van der Waals surface area contributed by atoms with Gasteiger partial charge in [-0.05, 0) is 18.6 Å². The molecule has 150 valence electrons. The highest BCUT2D eigenvalue weighted by Gasteiger charge is 2.32. The fraction of sp³-hybridized carbons (Fsp3) is 0.300. The van der Waals surface area contributed by atoms with E-state index < -0.39 is 12.7 Å². The second kappa shape index (κ2) is 7.51. The maximum atomic E-state index is 14.1. The zero-order valence-electron chi connectivity index (χ0n) is 16.0. The highest BCUT2D eigenvalue weighted by Crippen LogP contribution is 2.33. The molecule has 0 saturated carbocycles. The number of alkyl halides is 1. The summed E-state index contributed by atoms with van der Waals surface area (Å²) in [4.78, 5) is 13.7. The lowest BCUT2D eigenvalue weighted by Gasteiger charge is -2.23. The number of nitrogens with one attached hydrogen (secondary N) is 1. The first kappa shape index (κ1) is 18.2. The van der Waals surface area contributed by atoms with E-state index in [9.17, 15) is 9.65 Å². The molecule has 0 amide bonds. The van der Waals surface area contributed by atoms with Crippen molar-refractivity contribution < 1.29 is 4.39 Å². The summed E-state index contributed by atoms with van der Waals surface area (Å²) >= 11 is 0. The summed E-state index contributed by atoms with van der Waals surface area (Å²) in [5, 5.41) is 22.3. The predicted molar refractivity (Wildman–Crippen MR) is 107 cm³/mol. The van der Waals surface area contributed by atoms with Gasteiger partial charge in [0.2, 0.25) is 0 Å². The molecule has 4 aromatic rings. The number of rotatable bonds is 5. The van der Waals surface area contributed by atoms with E-state index in [1.165, 1.54) is 6.33 Å². The van der Waals surface area contributed by atoms with Gasteiger partial charge in [0.1, 0.15) is 24.7 Å². The molecule has 0 bridgehead atoms. The summed E-state index contributed by atoms with van der Waals surface area (Å²) in [5.41, 5.74) is 3.36. The van der Waals surface area contributed by atoms with Gasteiger partial charge in [0.05, 0.1) is 29.8 Å². The first-order chi connectivity index (χ1) is 14.8. The Labute approximate surface area is 171 Å². The Morgan fingerprint density at radius 2 is 2.27 bits per heavy atom. The molecule has 2 atom stereocenters. The van der Waals surface area contributed by atoms with Crippen molar-refractivity contribution in [3.63, 3.8) is 0 Å². The Bertz CT molecular complexity index is 1220. The Morgan fingerprint density at radius 3 is 3.13 bits per heavy atom. The minimum absolute atomic E-state index is 0.0557. The van der Waals surface area contributed by atoms with Crippen LogP contribution in [0.25, 0.3) is 22.3 Å². The lowest BCUT2D eigenvalue weighted by molar-refractivity contribution is 0.257. The average molecular weight is 403 g/mol. The largest absolute Gasteiger partial charge is 0.369 e. The van der Waals surface area contributed by atoms with Gasteiger partial charge < -0.3 is 9.88 Å². The highest BCUT2D eigenvalue weighted by atomic mass is 19.1. The monoisotopic (exact) mass is 403 g/mol. The molecule has 1 unspecified atom stereocenters. The summed E-state index contributed by atoms with van der Waals surface area (Å²) in [6.07, 6.45) is 9.24. The van der Waals surface area contributed by atoms with E-state index in [4.69, 9.17) is 0 Å². The van der Waals surface area contributed by atoms with Crippen LogP contribution in [0, 0.1) is 17.2 Å². The van der Waals surface area contributed by atoms with Gasteiger partial charge in [-0.25, -0.2) is 14.4 Å². The first-order valence-corrected chi connectivity index (χ1v) is 9.64. The number of anilines is 1. The van der Waals surface area contributed by atoms with E-state index in [0.717, 1.165) is 40.9 Å². The molecule has 1 aliphatic rings. The lowest BCUT2D eigenvalue weighted by atomic mass is 10.00. The van der Waals surface area contributed by atoms with E-state index in [2.05, 4.69) is 41.2 Å². The second-order valence-electron chi connectivity index (χ2n) is 7.26. The van der Waals surface area contributed by atoms with Crippen LogP contribution < -0.4 is 4.90 Å². The molecule has 5 heterocycles. The lowest BCUT2D eigenvalue weighted by Crippen LogP contribution is -2.26. The number of nitrogens with zero attached hydrogens (tertiary/aromatic N) is 8. The molecule has 9 nitrogen and oxygen atoms in total. The molecule has 30 heavy (non-hydrogen) atoms. The van der Waals surface area contributed by atoms with Crippen molar-refractivity contribution in [1.82, 2.24) is 34.9 Å². The number of H-pyrrole nitrogens is 1. The Morgan fingerprint density at radius 1 is 1.33 bits per heavy atom. The molecule has 10 heteroatoms. The number of aromatic amines is 1. The molecule has 1 N–H and O–H groups in total. The van der Waals surface area contributed by atoms with Crippen molar-refractivity contribution in [1.29, 1.82) is 5.26 Å². The Kier molecular flexibility index (Phi) is 4.55. The normalized spacial score (nSPS) is 17.3. The molecule has 4 aromatic heterocycles. The number of aromatic nitrogens is 7. The zero-order chi connectivity index (χ0) is 20.5. The number of halogens is 1. The van der Waals surface area contributed by atoms with E-state index >= 15 is 0 Å². The number of hydrogen-bond donors (Lipinski definition) is 1. The fourth-order valence-electron chi connectivity index (χ4n) is 4.14. The Hall–Kier alpha value is -3.87. The number of fused-ring (bicyclic) bond motifs is 1. The SMILES string of the molecule is N#Cc1nnccc1N1CC[C@H](C(CF)n2cc(-c3ncnc4[nH]ccc34)cn2)C1. The minimum Gasteiger partial charge on any atom is -0.369 e. The molecule has 0 aromatic carbocycles. The maximum Gasteiger partial charge on any atom is 0.186 e.